The maximum Gasteiger partial charge on any atom is 0.273 e. The Balaban J connectivity index is 2.77. The number of para-hydroxylation sites is 1. The van der Waals surface area contributed by atoms with Crippen LogP contribution in [0.2, 0.25) is 0 Å². The molecular formula is C11H12N2O3S. The number of H-pyrrole nitrogens is 1. The Kier molecular flexibility index (Phi) is 2.66. The van der Waals surface area contributed by atoms with Gasteiger partial charge in [0, 0.05) is 10.9 Å². The number of aromatic amines is 1. The van der Waals surface area contributed by atoms with E-state index in [4.69, 9.17) is 0 Å². The number of benzene rings is 1. The smallest absolute Gasteiger partial charge is 0.273 e. The molecule has 0 unspecified atom stereocenters. The van der Waals surface area contributed by atoms with Crippen LogP contribution in [0.25, 0.3) is 10.9 Å². The molecule has 17 heavy (non-hydrogen) atoms. The minimum atomic E-state index is -3.46. The number of aromatic nitrogens is 1. The van der Waals surface area contributed by atoms with Crippen LogP contribution >= 0.6 is 0 Å². The number of nitrogens with one attached hydrogen (secondary N) is 2. The standard InChI is InChI=1S/C11H12N2O3S/c1-7-8-5-3-4-6-9(8)12-11(14)10(7)13-17(2,15)16/h3-6,13H,1-2H3,(H,12,14). The Morgan fingerprint density at radius 2 is 1.88 bits per heavy atom. The molecule has 1 heterocycles. The van der Waals surface area contributed by atoms with Crippen LogP contribution in [0.1, 0.15) is 5.56 Å². The van der Waals surface area contributed by atoms with Gasteiger partial charge < -0.3 is 4.98 Å². The molecule has 0 bridgehead atoms. The van der Waals surface area contributed by atoms with Crippen molar-refractivity contribution < 1.29 is 8.42 Å². The molecule has 6 heteroatoms. The van der Waals surface area contributed by atoms with Gasteiger partial charge in [-0.2, -0.15) is 0 Å². The molecule has 0 aliphatic rings. The molecule has 0 aliphatic carbocycles. The van der Waals surface area contributed by atoms with E-state index in [9.17, 15) is 13.2 Å². The SMILES string of the molecule is Cc1c(NS(C)(=O)=O)c(=O)[nH]c2ccccc12. The van der Waals surface area contributed by atoms with Crippen molar-refractivity contribution in [2.75, 3.05) is 11.0 Å². The van der Waals surface area contributed by atoms with Crippen molar-refractivity contribution in [2.45, 2.75) is 6.92 Å². The molecule has 0 spiro atoms. The number of hydrogen-bond donors (Lipinski definition) is 2. The van der Waals surface area contributed by atoms with E-state index < -0.39 is 15.6 Å². The highest BCUT2D eigenvalue weighted by Gasteiger charge is 2.12. The summed E-state index contributed by atoms with van der Waals surface area (Å²) in [5, 5.41) is 0.818. The number of fused-ring (bicyclic) bond motifs is 1. The first-order valence-electron chi connectivity index (χ1n) is 4.98. The molecule has 90 valence electrons. The molecule has 0 aliphatic heterocycles. The highest BCUT2D eigenvalue weighted by molar-refractivity contribution is 7.92. The third-order valence-corrected chi connectivity index (χ3v) is 3.04. The van der Waals surface area contributed by atoms with E-state index in [1.54, 1.807) is 19.1 Å². The molecule has 2 rings (SSSR count). The summed E-state index contributed by atoms with van der Waals surface area (Å²) in [4.78, 5) is 14.4. The van der Waals surface area contributed by atoms with E-state index in [1.165, 1.54) is 0 Å². The molecule has 2 N–H and O–H groups in total. The Morgan fingerprint density at radius 1 is 1.24 bits per heavy atom. The first kappa shape index (κ1) is 11.7. The van der Waals surface area contributed by atoms with Gasteiger partial charge in [-0.25, -0.2) is 8.42 Å². The van der Waals surface area contributed by atoms with Crippen LogP contribution in [0.15, 0.2) is 29.1 Å². The minimum Gasteiger partial charge on any atom is -0.320 e. The monoisotopic (exact) mass is 252 g/mol. The van der Waals surface area contributed by atoms with E-state index >= 15 is 0 Å². The quantitative estimate of drug-likeness (QED) is 0.843. The van der Waals surface area contributed by atoms with Gasteiger partial charge in [-0.05, 0) is 18.6 Å². The second kappa shape index (κ2) is 3.89. The number of aryl methyl sites for hydroxylation is 1. The van der Waals surface area contributed by atoms with Crippen LogP contribution < -0.4 is 10.3 Å². The highest BCUT2D eigenvalue weighted by atomic mass is 32.2. The van der Waals surface area contributed by atoms with Gasteiger partial charge >= 0.3 is 0 Å². The summed E-state index contributed by atoms with van der Waals surface area (Å²) in [7, 11) is -3.46. The first-order chi connectivity index (χ1) is 7.88. The lowest BCUT2D eigenvalue weighted by Gasteiger charge is -2.09. The molecule has 0 atom stereocenters. The molecule has 1 aromatic heterocycles. The lowest BCUT2D eigenvalue weighted by atomic mass is 10.1. The average molecular weight is 252 g/mol. The topological polar surface area (TPSA) is 79.0 Å². The fourth-order valence-electron chi connectivity index (χ4n) is 1.72. The van der Waals surface area contributed by atoms with Crippen LogP contribution in [-0.4, -0.2) is 19.7 Å². The zero-order valence-electron chi connectivity index (χ0n) is 9.44. The van der Waals surface area contributed by atoms with Crippen LogP contribution in [0.4, 0.5) is 5.69 Å². The summed E-state index contributed by atoms with van der Waals surface area (Å²) in [6.07, 6.45) is 1.01. The maximum atomic E-state index is 11.7. The zero-order chi connectivity index (χ0) is 12.6. The van der Waals surface area contributed by atoms with Crippen molar-refractivity contribution in [3.05, 3.63) is 40.2 Å². The van der Waals surface area contributed by atoms with Gasteiger partial charge in [0.25, 0.3) is 5.56 Å². The summed E-state index contributed by atoms with van der Waals surface area (Å²) in [6, 6.07) is 7.24. The summed E-state index contributed by atoms with van der Waals surface area (Å²) in [5.74, 6) is 0. The molecule has 0 fully saturated rings. The molecule has 0 radical (unpaired) electrons. The van der Waals surface area contributed by atoms with Crippen molar-refractivity contribution >= 4 is 26.6 Å². The van der Waals surface area contributed by atoms with Gasteiger partial charge in [0.05, 0.1) is 6.26 Å². The van der Waals surface area contributed by atoms with Crippen LogP contribution in [0.5, 0.6) is 0 Å². The molecule has 1 aromatic carbocycles. The Hall–Kier alpha value is -1.82. The molecule has 2 aromatic rings. The van der Waals surface area contributed by atoms with Crippen molar-refractivity contribution in [2.24, 2.45) is 0 Å². The first-order valence-corrected chi connectivity index (χ1v) is 6.87. The zero-order valence-corrected chi connectivity index (χ0v) is 10.3. The number of pyridine rings is 1. The molecular weight excluding hydrogens is 240 g/mol. The molecule has 0 amide bonds. The van der Waals surface area contributed by atoms with Crippen LogP contribution in [0.3, 0.4) is 0 Å². The van der Waals surface area contributed by atoms with Crippen LogP contribution in [-0.2, 0) is 10.0 Å². The predicted molar refractivity (Wildman–Crippen MR) is 67.8 cm³/mol. The third kappa shape index (κ3) is 2.31. The van der Waals surface area contributed by atoms with Crippen molar-refractivity contribution in [1.29, 1.82) is 0 Å². The van der Waals surface area contributed by atoms with Gasteiger partial charge in [0.1, 0.15) is 5.69 Å². The number of rotatable bonds is 2. The van der Waals surface area contributed by atoms with Gasteiger partial charge in [-0.15, -0.1) is 0 Å². The summed E-state index contributed by atoms with van der Waals surface area (Å²) in [6.45, 7) is 1.71. The summed E-state index contributed by atoms with van der Waals surface area (Å²) >= 11 is 0. The third-order valence-electron chi connectivity index (χ3n) is 2.47. The van der Waals surface area contributed by atoms with Crippen LogP contribution in [0, 0.1) is 6.92 Å². The van der Waals surface area contributed by atoms with E-state index in [0.717, 1.165) is 11.6 Å². The van der Waals surface area contributed by atoms with Gasteiger partial charge in [0.2, 0.25) is 10.0 Å². The molecule has 0 saturated carbocycles. The van der Waals surface area contributed by atoms with E-state index in [-0.39, 0.29) is 5.69 Å². The minimum absolute atomic E-state index is 0.0752. The van der Waals surface area contributed by atoms with Gasteiger partial charge in [-0.3, -0.25) is 9.52 Å². The largest absolute Gasteiger partial charge is 0.320 e. The Labute approximate surface area is 98.5 Å². The van der Waals surface area contributed by atoms with Gasteiger partial charge in [-0.1, -0.05) is 18.2 Å². The second-order valence-corrected chi connectivity index (χ2v) is 5.62. The Bertz CT molecular complexity index is 732. The molecule has 5 nitrogen and oxygen atoms in total. The predicted octanol–water partition coefficient (Wildman–Crippen LogP) is 1.21. The fraction of sp³-hybridized carbons (Fsp3) is 0.182. The van der Waals surface area contributed by atoms with Crippen molar-refractivity contribution in [3.8, 4) is 0 Å². The summed E-state index contributed by atoms with van der Waals surface area (Å²) in [5.41, 5.74) is 0.946. The normalized spacial score (nSPS) is 11.6. The lowest BCUT2D eigenvalue weighted by molar-refractivity contribution is 0.606. The van der Waals surface area contributed by atoms with E-state index in [2.05, 4.69) is 9.71 Å². The fourth-order valence-corrected chi connectivity index (χ4v) is 2.33. The highest BCUT2D eigenvalue weighted by Crippen LogP contribution is 2.20. The number of hydrogen-bond acceptors (Lipinski definition) is 3. The number of anilines is 1. The van der Waals surface area contributed by atoms with Crippen molar-refractivity contribution in [3.63, 3.8) is 0 Å². The lowest BCUT2D eigenvalue weighted by Crippen LogP contribution is -2.20. The van der Waals surface area contributed by atoms with Crippen molar-refractivity contribution in [1.82, 2.24) is 4.98 Å². The maximum absolute atomic E-state index is 11.7. The van der Waals surface area contributed by atoms with Gasteiger partial charge in [0.15, 0.2) is 0 Å². The van der Waals surface area contributed by atoms with E-state index in [0.29, 0.717) is 11.1 Å². The molecule has 0 saturated heterocycles. The average Bonchev–Trinajstić information content (AvgIpc) is 2.23. The second-order valence-electron chi connectivity index (χ2n) is 3.87. The Morgan fingerprint density at radius 3 is 2.53 bits per heavy atom. The number of sulfonamides is 1. The van der Waals surface area contributed by atoms with E-state index in [1.807, 2.05) is 12.1 Å². The summed E-state index contributed by atoms with van der Waals surface area (Å²) < 4.78 is 24.6.